The predicted molar refractivity (Wildman–Crippen MR) is 86.1 cm³/mol. The molecule has 116 valence electrons. The zero-order valence-corrected chi connectivity index (χ0v) is 12.7. The van der Waals surface area contributed by atoms with Crippen LogP contribution in [-0.4, -0.2) is 42.7 Å². The molecule has 1 aromatic heterocycles. The Bertz CT molecular complexity index is 668. The maximum absolute atomic E-state index is 11.6. The van der Waals surface area contributed by atoms with Gasteiger partial charge >= 0.3 is 0 Å². The molecule has 0 aliphatic carbocycles. The Morgan fingerprint density at radius 1 is 1.27 bits per heavy atom. The molecule has 2 heterocycles. The lowest BCUT2D eigenvalue weighted by molar-refractivity contribution is -0.119. The normalized spacial score (nSPS) is 15.0. The summed E-state index contributed by atoms with van der Waals surface area (Å²) in [4.78, 5) is 22.7. The molecule has 3 rings (SSSR count). The van der Waals surface area contributed by atoms with Crippen molar-refractivity contribution in [2.75, 3.05) is 37.0 Å². The Morgan fingerprint density at radius 2 is 2.09 bits per heavy atom. The van der Waals surface area contributed by atoms with Crippen molar-refractivity contribution in [3.63, 3.8) is 0 Å². The number of hydrogen-bond donors (Lipinski definition) is 1. The highest BCUT2D eigenvalue weighted by Crippen LogP contribution is 2.27. The van der Waals surface area contributed by atoms with Gasteiger partial charge in [0.05, 0.1) is 5.52 Å². The number of piperidine rings is 1. The smallest absolute Gasteiger partial charge is 0.250 e. The van der Waals surface area contributed by atoms with E-state index in [1.54, 1.807) is 6.33 Å². The second-order valence-electron chi connectivity index (χ2n) is 5.46. The summed E-state index contributed by atoms with van der Waals surface area (Å²) < 4.78 is 4.82. The second kappa shape index (κ2) is 6.70. The fourth-order valence-corrected chi connectivity index (χ4v) is 2.81. The Balaban J connectivity index is 1.88. The molecular weight excluding hydrogens is 280 g/mol. The van der Waals surface area contributed by atoms with Gasteiger partial charge in [-0.15, -0.1) is 0 Å². The number of hydrogen-bond acceptors (Lipinski definition) is 5. The van der Waals surface area contributed by atoms with Crippen LogP contribution in [0.4, 0.5) is 11.5 Å². The molecule has 1 fully saturated rings. The third-order valence-electron chi connectivity index (χ3n) is 3.83. The fraction of sp³-hybridized carbons (Fsp3) is 0.438. The largest absolute Gasteiger partial charge is 0.375 e. The standard InChI is InChI=1S/C16H20N4O2/c1-22-10-15(21)19-12-5-6-13-14(9-12)17-11-18-16(13)20-7-3-2-4-8-20/h5-6,9,11H,2-4,7-8,10H2,1H3,(H,19,21). The first kappa shape index (κ1) is 14.7. The van der Waals surface area contributed by atoms with Crippen molar-refractivity contribution in [1.82, 2.24) is 9.97 Å². The number of nitrogens with one attached hydrogen (secondary N) is 1. The maximum atomic E-state index is 11.6. The summed E-state index contributed by atoms with van der Waals surface area (Å²) in [5.41, 5.74) is 1.56. The van der Waals surface area contributed by atoms with E-state index in [0.717, 1.165) is 35.5 Å². The molecule has 0 unspecified atom stereocenters. The highest BCUT2D eigenvalue weighted by molar-refractivity contribution is 5.96. The van der Waals surface area contributed by atoms with Crippen LogP contribution in [0, 0.1) is 0 Å². The molecule has 22 heavy (non-hydrogen) atoms. The monoisotopic (exact) mass is 300 g/mol. The molecule has 6 heteroatoms. The van der Waals surface area contributed by atoms with Crippen molar-refractivity contribution in [3.8, 4) is 0 Å². The zero-order chi connectivity index (χ0) is 15.4. The topological polar surface area (TPSA) is 67.3 Å². The third-order valence-corrected chi connectivity index (χ3v) is 3.83. The summed E-state index contributed by atoms with van der Waals surface area (Å²) in [6.07, 6.45) is 5.29. The summed E-state index contributed by atoms with van der Waals surface area (Å²) in [6.45, 7) is 2.12. The molecule has 0 spiro atoms. The van der Waals surface area contributed by atoms with Gasteiger partial charge in [-0.05, 0) is 37.5 Å². The van der Waals surface area contributed by atoms with E-state index in [0.29, 0.717) is 0 Å². The van der Waals surface area contributed by atoms with Gasteiger partial charge in [-0.1, -0.05) is 0 Å². The quantitative estimate of drug-likeness (QED) is 0.937. The first-order valence-corrected chi connectivity index (χ1v) is 7.56. The summed E-state index contributed by atoms with van der Waals surface area (Å²) >= 11 is 0. The van der Waals surface area contributed by atoms with Gasteiger partial charge in [-0.3, -0.25) is 4.79 Å². The minimum absolute atomic E-state index is 0.0425. The summed E-state index contributed by atoms with van der Waals surface area (Å²) in [6, 6.07) is 5.73. The molecule has 0 bridgehead atoms. The molecule has 2 aromatic rings. The van der Waals surface area contributed by atoms with E-state index in [-0.39, 0.29) is 12.5 Å². The minimum atomic E-state index is -0.174. The number of rotatable bonds is 4. The van der Waals surface area contributed by atoms with Crippen LogP contribution in [0.3, 0.4) is 0 Å². The summed E-state index contributed by atoms with van der Waals surface area (Å²) in [7, 11) is 1.50. The number of benzene rings is 1. The summed E-state index contributed by atoms with van der Waals surface area (Å²) in [5.74, 6) is 0.812. The maximum Gasteiger partial charge on any atom is 0.250 e. The lowest BCUT2D eigenvalue weighted by Gasteiger charge is -2.28. The number of carbonyl (C=O) groups excluding carboxylic acids is 1. The Labute approximate surface area is 129 Å². The molecule has 0 radical (unpaired) electrons. The van der Waals surface area contributed by atoms with Crippen molar-refractivity contribution in [1.29, 1.82) is 0 Å². The van der Waals surface area contributed by atoms with Crippen molar-refractivity contribution in [2.45, 2.75) is 19.3 Å². The number of fused-ring (bicyclic) bond motifs is 1. The molecule has 6 nitrogen and oxygen atoms in total. The fourth-order valence-electron chi connectivity index (χ4n) is 2.81. The van der Waals surface area contributed by atoms with E-state index in [4.69, 9.17) is 4.74 Å². The SMILES string of the molecule is COCC(=O)Nc1ccc2c(N3CCCCC3)ncnc2c1. The second-order valence-corrected chi connectivity index (χ2v) is 5.46. The highest BCUT2D eigenvalue weighted by atomic mass is 16.5. The lowest BCUT2D eigenvalue weighted by Crippen LogP contribution is -2.30. The Morgan fingerprint density at radius 3 is 2.86 bits per heavy atom. The van der Waals surface area contributed by atoms with Crippen LogP contribution in [0.2, 0.25) is 0 Å². The van der Waals surface area contributed by atoms with Crippen molar-refractivity contribution >= 4 is 28.3 Å². The Kier molecular flexibility index (Phi) is 4.48. The van der Waals surface area contributed by atoms with Gasteiger partial charge in [0, 0.05) is 31.3 Å². The van der Waals surface area contributed by atoms with Crippen LogP contribution in [0.25, 0.3) is 10.9 Å². The van der Waals surface area contributed by atoms with Crippen LogP contribution < -0.4 is 10.2 Å². The number of carbonyl (C=O) groups is 1. The average molecular weight is 300 g/mol. The van der Waals surface area contributed by atoms with Crippen LogP contribution in [-0.2, 0) is 9.53 Å². The molecule has 1 amide bonds. The van der Waals surface area contributed by atoms with Crippen molar-refractivity contribution < 1.29 is 9.53 Å². The van der Waals surface area contributed by atoms with Gasteiger partial charge in [-0.25, -0.2) is 9.97 Å². The minimum Gasteiger partial charge on any atom is -0.375 e. The average Bonchev–Trinajstić information content (AvgIpc) is 2.55. The van der Waals surface area contributed by atoms with Gasteiger partial charge in [0.25, 0.3) is 0 Å². The van der Waals surface area contributed by atoms with E-state index < -0.39 is 0 Å². The van der Waals surface area contributed by atoms with Crippen LogP contribution >= 0.6 is 0 Å². The predicted octanol–water partition coefficient (Wildman–Crippen LogP) is 2.21. The van der Waals surface area contributed by atoms with Gasteiger partial charge < -0.3 is 15.0 Å². The number of ether oxygens (including phenoxy) is 1. The van der Waals surface area contributed by atoms with Gasteiger partial charge in [0.15, 0.2) is 0 Å². The molecule has 1 aromatic carbocycles. The first-order valence-electron chi connectivity index (χ1n) is 7.56. The molecule has 1 aliphatic heterocycles. The lowest BCUT2D eigenvalue weighted by atomic mass is 10.1. The highest BCUT2D eigenvalue weighted by Gasteiger charge is 2.15. The van der Waals surface area contributed by atoms with E-state index in [9.17, 15) is 4.79 Å². The first-order chi connectivity index (χ1) is 10.8. The van der Waals surface area contributed by atoms with Crippen LogP contribution in [0.1, 0.15) is 19.3 Å². The van der Waals surface area contributed by atoms with E-state index in [1.807, 2.05) is 18.2 Å². The van der Waals surface area contributed by atoms with Gasteiger partial charge in [0.1, 0.15) is 18.8 Å². The molecule has 1 N–H and O–H groups in total. The zero-order valence-electron chi connectivity index (χ0n) is 12.7. The van der Waals surface area contributed by atoms with Crippen LogP contribution in [0.5, 0.6) is 0 Å². The van der Waals surface area contributed by atoms with Crippen molar-refractivity contribution in [2.24, 2.45) is 0 Å². The summed E-state index contributed by atoms with van der Waals surface area (Å²) in [5, 5.41) is 3.82. The number of methoxy groups -OCH3 is 1. The van der Waals surface area contributed by atoms with E-state index >= 15 is 0 Å². The van der Waals surface area contributed by atoms with Crippen molar-refractivity contribution in [3.05, 3.63) is 24.5 Å². The number of nitrogens with zero attached hydrogens (tertiary/aromatic N) is 3. The van der Waals surface area contributed by atoms with E-state index in [2.05, 4.69) is 20.2 Å². The van der Waals surface area contributed by atoms with Gasteiger partial charge in [0.2, 0.25) is 5.91 Å². The number of anilines is 2. The third kappa shape index (κ3) is 3.17. The molecule has 0 saturated carbocycles. The number of amides is 1. The molecule has 1 aliphatic rings. The number of aromatic nitrogens is 2. The Hall–Kier alpha value is -2.21. The van der Waals surface area contributed by atoms with Gasteiger partial charge in [-0.2, -0.15) is 0 Å². The van der Waals surface area contributed by atoms with E-state index in [1.165, 1.54) is 26.4 Å². The molecular formula is C16H20N4O2. The molecule has 1 saturated heterocycles. The molecule has 0 atom stereocenters. The van der Waals surface area contributed by atoms with Crippen LogP contribution in [0.15, 0.2) is 24.5 Å².